The first-order valence-electron chi connectivity index (χ1n) is 4.72. The van der Waals surface area contributed by atoms with Crippen LogP contribution >= 0.6 is 0 Å². The van der Waals surface area contributed by atoms with Gasteiger partial charge in [0, 0.05) is 6.54 Å². The van der Waals surface area contributed by atoms with E-state index in [0.717, 1.165) is 6.42 Å². The number of aryl methyl sites for hydroxylation is 1. The van der Waals surface area contributed by atoms with Crippen molar-refractivity contribution in [1.82, 2.24) is 0 Å². The topological polar surface area (TPSA) is 26.0 Å². The van der Waals surface area contributed by atoms with Crippen LogP contribution in [0.1, 0.15) is 24.5 Å². The van der Waals surface area contributed by atoms with Gasteiger partial charge in [-0.1, -0.05) is 48.4 Å². The van der Waals surface area contributed by atoms with Crippen LogP contribution in [-0.2, 0) is 0 Å². The number of hydrogen-bond acceptors (Lipinski definition) is 1. The van der Waals surface area contributed by atoms with Crippen LogP contribution in [0.25, 0.3) is 6.08 Å². The van der Waals surface area contributed by atoms with Gasteiger partial charge in [-0.05, 0) is 18.9 Å². The van der Waals surface area contributed by atoms with Crippen LogP contribution in [0.4, 0.5) is 0 Å². The molecule has 0 amide bonds. The molecule has 0 aromatic heterocycles. The summed E-state index contributed by atoms with van der Waals surface area (Å²) in [7, 11) is 0. The van der Waals surface area contributed by atoms with Crippen molar-refractivity contribution in [1.29, 1.82) is 0 Å². The van der Waals surface area contributed by atoms with Gasteiger partial charge >= 0.3 is 0 Å². The van der Waals surface area contributed by atoms with Gasteiger partial charge in [-0.25, -0.2) is 0 Å². The third-order valence-electron chi connectivity index (χ3n) is 2.16. The van der Waals surface area contributed by atoms with Crippen molar-refractivity contribution in [3.05, 3.63) is 41.0 Å². The Bertz CT molecular complexity index is 276. The summed E-state index contributed by atoms with van der Waals surface area (Å²) in [6.07, 6.45) is 3.20. The predicted octanol–water partition coefficient (Wildman–Crippen LogP) is 2.75. The van der Waals surface area contributed by atoms with Gasteiger partial charge in [-0.2, -0.15) is 0 Å². The van der Waals surface area contributed by atoms with Gasteiger partial charge in [0.25, 0.3) is 0 Å². The molecule has 1 heteroatoms. The van der Waals surface area contributed by atoms with Crippen molar-refractivity contribution in [3.8, 4) is 0 Å². The van der Waals surface area contributed by atoms with Crippen molar-refractivity contribution in [2.75, 3.05) is 6.54 Å². The molecule has 0 saturated heterocycles. The molecule has 0 unspecified atom stereocenters. The van der Waals surface area contributed by atoms with E-state index in [0.29, 0.717) is 6.54 Å². The van der Waals surface area contributed by atoms with E-state index in [1.165, 1.54) is 16.7 Å². The molecule has 0 heterocycles. The summed E-state index contributed by atoms with van der Waals surface area (Å²) in [6.45, 7) is 4.88. The first-order chi connectivity index (χ1) is 6.26. The molecule has 0 aliphatic carbocycles. The average molecular weight is 175 g/mol. The van der Waals surface area contributed by atoms with Crippen LogP contribution in [0, 0.1) is 6.92 Å². The highest BCUT2D eigenvalue weighted by Gasteiger charge is 1.91. The van der Waals surface area contributed by atoms with E-state index in [9.17, 15) is 0 Å². The average Bonchev–Trinajstić information content (AvgIpc) is 2.17. The summed E-state index contributed by atoms with van der Waals surface area (Å²) < 4.78 is 0. The number of benzene rings is 1. The van der Waals surface area contributed by atoms with Gasteiger partial charge in [0.05, 0.1) is 0 Å². The van der Waals surface area contributed by atoms with E-state index in [2.05, 4.69) is 44.2 Å². The third-order valence-corrected chi connectivity index (χ3v) is 2.16. The molecule has 0 aliphatic heterocycles. The highest BCUT2D eigenvalue weighted by molar-refractivity contribution is 5.53. The van der Waals surface area contributed by atoms with E-state index in [4.69, 9.17) is 5.73 Å². The molecule has 1 nitrogen and oxygen atoms in total. The third kappa shape index (κ3) is 3.03. The fourth-order valence-corrected chi connectivity index (χ4v) is 1.20. The van der Waals surface area contributed by atoms with Crippen molar-refractivity contribution < 1.29 is 0 Å². The van der Waals surface area contributed by atoms with Gasteiger partial charge in [0.2, 0.25) is 0 Å². The van der Waals surface area contributed by atoms with Crippen LogP contribution in [-0.4, -0.2) is 6.54 Å². The lowest BCUT2D eigenvalue weighted by Gasteiger charge is -2.00. The predicted molar refractivity (Wildman–Crippen MR) is 58.5 cm³/mol. The Morgan fingerprint density at radius 1 is 1.31 bits per heavy atom. The first kappa shape index (κ1) is 10.0. The normalized spacial score (nSPS) is 11.8. The van der Waals surface area contributed by atoms with Crippen LogP contribution in [0.3, 0.4) is 0 Å². The van der Waals surface area contributed by atoms with Gasteiger partial charge in [-0.3, -0.25) is 0 Å². The second-order valence-electron chi connectivity index (χ2n) is 3.27. The van der Waals surface area contributed by atoms with Crippen molar-refractivity contribution in [3.63, 3.8) is 0 Å². The van der Waals surface area contributed by atoms with E-state index < -0.39 is 0 Å². The van der Waals surface area contributed by atoms with Crippen molar-refractivity contribution in [2.45, 2.75) is 20.3 Å². The molecule has 0 bridgehead atoms. The standard InChI is InChI=1S/C12H17N/c1-3-11(9-13)8-12-6-4-10(2)5-7-12/h4-8H,3,9,13H2,1-2H3/b11-8-. The first-order valence-corrected chi connectivity index (χ1v) is 4.72. The Morgan fingerprint density at radius 3 is 2.38 bits per heavy atom. The van der Waals surface area contributed by atoms with Crippen LogP contribution in [0.2, 0.25) is 0 Å². The zero-order valence-electron chi connectivity index (χ0n) is 8.38. The fourth-order valence-electron chi connectivity index (χ4n) is 1.20. The molecule has 1 aromatic carbocycles. The fraction of sp³-hybridized carbons (Fsp3) is 0.333. The molecule has 1 rings (SSSR count). The van der Waals surface area contributed by atoms with E-state index in [1.807, 2.05) is 0 Å². The molecule has 13 heavy (non-hydrogen) atoms. The maximum absolute atomic E-state index is 5.59. The minimum Gasteiger partial charge on any atom is -0.327 e. The summed E-state index contributed by atoms with van der Waals surface area (Å²) >= 11 is 0. The second-order valence-corrected chi connectivity index (χ2v) is 3.27. The molecule has 0 radical (unpaired) electrons. The Labute approximate surface area is 80.3 Å². The maximum atomic E-state index is 5.59. The summed E-state index contributed by atoms with van der Waals surface area (Å²) in [5.41, 5.74) is 9.43. The number of rotatable bonds is 3. The lowest BCUT2D eigenvalue weighted by atomic mass is 10.1. The van der Waals surface area contributed by atoms with Crippen molar-refractivity contribution >= 4 is 6.08 Å². The van der Waals surface area contributed by atoms with Gasteiger partial charge in [-0.15, -0.1) is 0 Å². The lowest BCUT2D eigenvalue weighted by molar-refractivity contribution is 1.02. The maximum Gasteiger partial charge on any atom is 0.0140 e. The Kier molecular flexibility index (Phi) is 3.71. The molecule has 0 spiro atoms. The summed E-state index contributed by atoms with van der Waals surface area (Å²) in [5, 5.41) is 0. The molecular weight excluding hydrogens is 158 g/mol. The smallest absolute Gasteiger partial charge is 0.0140 e. The second kappa shape index (κ2) is 4.83. The molecule has 2 N–H and O–H groups in total. The van der Waals surface area contributed by atoms with Crippen LogP contribution < -0.4 is 5.73 Å². The highest BCUT2D eigenvalue weighted by atomic mass is 14.5. The molecule has 1 aromatic rings. The van der Waals surface area contributed by atoms with E-state index in [-0.39, 0.29) is 0 Å². The number of hydrogen-bond donors (Lipinski definition) is 1. The van der Waals surface area contributed by atoms with Crippen LogP contribution in [0.5, 0.6) is 0 Å². The Balaban J connectivity index is 2.84. The Hall–Kier alpha value is -1.08. The molecule has 0 fully saturated rings. The zero-order chi connectivity index (χ0) is 9.68. The van der Waals surface area contributed by atoms with Gasteiger partial charge in [0.1, 0.15) is 0 Å². The summed E-state index contributed by atoms with van der Waals surface area (Å²) in [5.74, 6) is 0. The van der Waals surface area contributed by atoms with Gasteiger partial charge < -0.3 is 5.73 Å². The molecule has 70 valence electrons. The highest BCUT2D eigenvalue weighted by Crippen LogP contribution is 2.09. The molecule has 0 atom stereocenters. The summed E-state index contributed by atoms with van der Waals surface area (Å²) in [4.78, 5) is 0. The Morgan fingerprint density at radius 2 is 1.92 bits per heavy atom. The number of nitrogens with two attached hydrogens (primary N) is 1. The van der Waals surface area contributed by atoms with E-state index in [1.54, 1.807) is 0 Å². The zero-order valence-corrected chi connectivity index (χ0v) is 8.38. The minimum atomic E-state index is 0.657. The van der Waals surface area contributed by atoms with Gasteiger partial charge in [0.15, 0.2) is 0 Å². The van der Waals surface area contributed by atoms with Crippen LogP contribution in [0.15, 0.2) is 29.8 Å². The monoisotopic (exact) mass is 175 g/mol. The SMILES string of the molecule is CC/C(=C/c1ccc(C)cc1)CN. The van der Waals surface area contributed by atoms with Crippen molar-refractivity contribution in [2.24, 2.45) is 5.73 Å². The van der Waals surface area contributed by atoms with E-state index >= 15 is 0 Å². The molecule has 0 aliphatic rings. The molecular formula is C12H17N. The minimum absolute atomic E-state index is 0.657. The quantitative estimate of drug-likeness (QED) is 0.751. The largest absolute Gasteiger partial charge is 0.327 e. The molecule has 0 saturated carbocycles. The summed E-state index contributed by atoms with van der Waals surface area (Å²) in [6, 6.07) is 8.49. The lowest BCUT2D eigenvalue weighted by Crippen LogP contribution is -2.01.